The molecule has 1 saturated heterocycles. The molecule has 0 amide bonds. The van der Waals surface area contributed by atoms with E-state index in [0.29, 0.717) is 18.9 Å². The highest BCUT2D eigenvalue weighted by Crippen LogP contribution is 2.31. The maximum Gasteiger partial charge on any atom is 0.243 e. The molecule has 0 unspecified atom stereocenters. The molecule has 2 aliphatic rings. The monoisotopic (exact) mass is 419 g/mol. The van der Waals surface area contributed by atoms with Crippen LogP contribution >= 0.6 is 0 Å². The molecular formula is C20H26FN5O2S. The molecule has 1 atom stereocenters. The van der Waals surface area contributed by atoms with Crippen LogP contribution in [0.2, 0.25) is 0 Å². The molecule has 1 fully saturated rings. The number of piperidine rings is 1. The summed E-state index contributed by atoms with van der Waals surface area (Å²) in [6, 6.07) is 4.99. The first-order valence-corrected chi connectivity index (χ1v) is 11.3. The Kier molecular flexibility index (Phi) is 5.54. The van der Waals surface area contributed by atoms with Crippen LogP contribution < -0.4 is 5.32 Å². The number of hydrogen-bond donors (Lipinski definition) is 1. The molecule has 3 heterocycles. The number of hydrogen-bond acceptors (Lipinski definition) is 6. The lowest BCUT2D eigenvalue weighted by molar-refractivity contribution is 0.300. The van der Waals surface area contributed by atoms with Gasteiger partial charge in [0, 0.05) is 51.1 Å². The molecule has 29 heavy (non-hydrogen) atoms. The number of nitrogens with zero attached hydrogens (tertiary/aromatic N) is 4. The minimum absolute atomic E-state index is 0.0592. The topological polar surface area (TPSA) is 78.4 Å². The lowest BCUT2D eigenvalue weighted by Gasteiger charge is -2.32. The molecule has 4 rings (SSSR count). The van der Waals surface area contributed by atoms with Gasteiger partial charge in [-0.2, -0.15) is 4.31 Å². The van der Waals surface area contributed by atoms with Crippen LogP contribution in [-0.2, 0) is 23.0 Å². The van der Waals surface area contributed by atoms with Crippen LogP contribution in [0.1, 0.15) is 35.8 Å². The van der Waals surface area contributed by atoms with Crippen LogP contribution in [0, 0.1) is 5.82 Å². The van der Waals surface area contributed by atoms with E-state index in [1.165, 1.54) is 28.6 Å². The molecule has 0 bridgehead atoms. The number of sulfonamides is 1. The fourth-order valence-electron chi connectivity index (χ4n) is 4.08. The van der Waals surface area contributed by atoms with Crippen LogP contribution in [0.4, 0.5) is 10.2 Å². The van der Waals surface area contributed by atoms with Gasteiger partial charge in [0.2, 0.25) is 10.0 Å². The van der Waals surface area contributed by atoms with Crippen molar-refractivity contribution in [3.05, 3.63) is 47.2 Å². The molecule has 7 nitrogen and oxygen atoms in total. The van der Waals surface area contributed by atoms with Crippen LogP contribution in [0.5, 0.6) is 0 Å². The van der Waals surface area contributed by atoms with Crippen LogP contribution in [0.25, 0.3) is 0 Å². The number of anilines is 1. The maximum absolute atomic E-state index is 13.2. The summed E-state index contributed by atoms with van der Waals surface area (Å²) in [5.41, 5.74) is 2.17. The highest BCUT2D eigenvalue weighted by Gasteiger charge is 2.33. The summed E-state index contributed by atoms with van der Waals surface area (Å²) < 4.78 is 40.7. The molecular weight excluding hydrogens is 393 g/mol. The molecule has 0 aliphatic carbocycles. The normalized spacial score (nSPS) is 21.0. The molecule has 0 spiro atoms. The van der Waals surface area contributed by atoms with E-state index in [-0.39, 0.29) is 10.8 Å². The lowest BCUT2D eigenvalue weighted by Crippen LogP contribution is -2.39. The van der Waals surface area contributed by atoms with Gasteiger partial charge in [-0.3, -0.25) is 0 Å². The highest BCUT2D eigenvalue weighted by molar-refractivity contribution is 7.89. The second-order valence-corrected chi connectivity index (χ2v) is 9.69. The van der Waals surface area contributed by atoms with Gasteiger partial charge in [0.1, 0.15) is 17.5 Å². The molecule has 1 N–H and O–H groups in total. The van der Waals surface area contributed by atoms with Crippen LogP contribution in [0.15, 0.2) is 29.2 Å². The average Bonchev–Trinajstić information content (AvgIpc) is 2.73. The van der Waals surface area contributed by atoms with Crippen LogP contribution in [-0.4, -0.2) is 61.3 Å². The Bertz CT molecular complexity index is 979. The number of likely N-dealkylation sites (N-methyl/N-ethyl adjacent to an activating group) is 1. The third kappa shape index (κ3) is 3.99. The first kappa shape index (κ1) is 20.2. The van der Waals surface area contributed by atoms with Gasteiger partial charge in [-0.05, 0) is 44.2 Å². The fourth-order valence-corrected chi connectivity index (χ4v) is 5.61. The third-order valence-corrected chi connectivity index (χ3v) is 7.59. The van der Waals surface area contributed by atoms with Gasteiger partial charge in [0.15, 0.2) is 0 Å². The van der Waals surface area contributed by atoms with Crippen molar-refractivity contribution in [3.8, 4) is 0 Å². The van der Waals surface area contributed by atoms with E-state index in [1.807, 2.05) is 7.05 Å². The summed E-state index contributed by atoms with van der Waals surface area (Å²) in [4.78, 5) is 11.9. The van der Waals surface area contributed by atoms with Gasteiger partial charge >= 0.3 is 0 Å². The van der Waals surface area contributed by atoms with E-state index < -0.39 is 15.8 Å². The number of fused-ring (bicyclic) bond motifs is 1. The van der Waals surface area contributed by atoms with Crippen molar-refractivity contribution in [3.63, 3.8) is 0 Å². The Hall–Kier alpha value is -2.10. The van der Waals surface area contributed by atoms with Crippen molar-refractivity contribution in [2.24, 2.45) is 0 Å². The molecule has 0 radical (unpaired) electrons. The van der Waals surface area contributed by atoms with Gasteiger partial charge in [-0.1, -0.05) is 0 Å². The number of halogens is 1. The Morgan fingerprint density at radius 3 is 2.66 bits per heavy atom. The van der Waals surface area contributed by atoms with E-state index in [2.05, 4.69) is 17.3 Å². The summed E-state index contributed by atoms with van der Waals surface area (Å²) in [6.07, 6.45) is 2.45. The summed E-state index contributed by atoms with van der Waals surface area (Å²) >= 11 is 0. The van der Waals surface area contributed by atoms with Crippen molar-refractivity contribution in [1.82, 2.24) is 19.2 Å². The minimum atomic E-state index is -3.67. The lowest BCUT2D eigenvalue weighted by atomic mass is 9.97. The number of aromatic nitrogens is 2. The Labute approximate surface area is 171 Å². The van der Waals surface area contributed by atoms with Gasteiger partial charge in [0.05, 0.1) is 10.6 Å². The smallest absolute Gasteiger partial charge is 0.243 e. The second-order valence-electron chi connectivity index (χ2n) is 7.75. The Morgan fingerprint density at radius 2 is 1.93 bits per heavy atom. The summed E-state index contributed by atoms with van der Waals surface area (Å²) in [5, 5.41) is 3.18. The van der Waals surface area contributed by atoms with Gasteiger partial charge < -0.3 is 10.2 Å². The third-order valence-electron chi connectivity index (χ3n) is 5.71. The SMILES string of the molecule is CNc1nc([C@@H]2CCCN(S(=O)(=O)c3ccc(F)cc3)C2)nc2c1CN(C)CC2. The predicted molar refractivity (Wildman–Crippen MR) is 109 cm³/mol. The van der Waals surface area contributed by atoms with Crippen molar-refractivity contribution in [2.45, 2.75) is 36.6 Å². The molecule has 0 saturated carbocycles. The molecule has 9 heteroatoms. The Balaban J connectivity index is 1.61. The maximum atomic E-state index is 13.2. The van der Waals surface area contributed by atoms with Crippen LogP contribution in [0.3, 0.4) is 0 Å². The van der Waals surface area contributed by atoms with Gasteiger partial charge in [-0.15, -0.1) is 0 Å². The van der Waals surface area contributed by atoms with Crippen molar-refractivity contribution in [1.29, 1.82) is 0 Å². The largest absolute Gasteiger partial charge is 0.373 e. The molecule has 1 aromatic carbocycles. The summed E-state index contributed by atoms with van der Waals surface area (Å²) in [7, 11) is 0.262. The highest BCUT2D eigenvalue weighted by atomic mass is 32.2. The van der Waals surface area contributed by atoms with E-state index >= 15 is 0 Å². The first-order chi connectivity index (χ1) is 13.9. The van der Waals surface area contributed by atoms with Gasteiger partial charge in [-0.25, -0.2) is 22.8 Å². The zero-order chi connectivity index (χ0) is 20.6. The standard InChI is InChI=1S/C20H26FN5O2S/c1-22-20-17-13-25(2)11-9-18(17)23-19(24-20)14-4-3-10-26(12-14)29(27,28)16-7-5-15(21)6-8-16/h5-8,14H,3-4,9-13H2,1-2H3,(H,22,23,24)/t14-/m1/s1. The minimum Gasteiger partial charge on any atom is -0.373 e. The van der Waals surface area contributed by atoms with E-state index in [0.717, 1.165) is 49.4 Å². The molecule has 156 valence electrons. The zero-order valence-electron chi connectivity index (χ0n) is 16.7. The molecule has 1 aromatic heterocycles. The van der Waals surface area contributed by atoms with E-state index in [9.17, 15) is 12.8 Å². The summed E-state index contributed by atoms with van der Waals surface area (Å²) in [6.45, 7) is 2.54. The summed E-state index contributed by atoms with van der Waals surface area (Å²) in [5.74, 6) is 1.02. The van der Waals surface area contributed by atoms with Crippen molar-refractivity contribution < 1.29 is 12.8 Å². The number of benzene rings is 1. The number of rotatable bonds is 4. The predicted octanol–water partition coefficient (Wildman–Crippen LogP) is 2.21. The van der Waals surface area contributed by atoms with Crippen molar-refractivity contribution in [2.75, 3.05) is 39.0 Å². The van der Waals surface area contributed by atoms with E-state index in [4.69, 9.17) is 9.97 Å². The van der Waals surface area contributed by atoms with E-state index in [1.54, 1.807) is 0 Å². The first-order valence-electron chi connectivity index (χ1n) is 9.90. The quantitative estimate of drug-likeness (QED) is 0.819. The Morgan fingerprint density at radius 1 is 1.17 bits per heavy atom. The zero-order valence-corrected chi connectivity index (χ0v) is 17.5. The van der Waals surface area contributed by atoms with Gasteiger partial charge in [0.25, 0.3) is 0 Å². The average molecular weight is 420 g/mol. The number of nitrogens with one attached hydrogen (secondary N) is 1. The van der Waals surface area contributed by atoms with Crippen molar-refractivity contribution >= 4 is 15.8 Å². The molecule has 2 aliphatic heterocycles. The molecule has 2 aromatic rings. The fraction of sp³-hybridized carbons (Fsp3) is 0.500. The second kappa shape index (κ2) is 7.97.